The molecule has 4 nitrogen and oxygen atoms in total. The van der Waals surface area contributed by atoms with Crippen molar-refractivity contribution >= 4 is 35.0 Å². The van der Waals surface area contributed by atoms with Crippen LogP contribution in [0.1, 0.15) is 44.2 Å². The van der Waals surface area contributed by atoms with Gasteiger partial charge in [0.2, 0.25) is 0 Å². The van der Waals surface area contributed by atoms with Crippen molar-refractivity contribution in [2.24, 2.45) is 17.0 Å². The number of halogens is 2. The van der Waals surface area contributed by atoms with Crippen LogP contribution in [0.25, 0.3) is 6.08 Å². The number of hydrogen-bond donors (Lipinski definition) is 0. The normalized spacial score (nSPS) is 23.0. The second kappa shape index (κ2) is 12.9. The van der Waals surface area contributed by atoms with E-state index in [1.165, 1.54) is 11.1 Å². The van der Waals surface area contributed by atoms with Crippen molar-refractivity contribution in [2.75, 3.05) is 39.3 Å². The molecular weight excluding hydrogens is 477 g/mol. The summed E-state index contributed by atoms with van der Waals surface area (Å²) in [4.78, 5) is 11.0. The summed E-state index contributed by atoms with van der Waals surface area (Å²) >= 11 is 12.5. The maximum absolute atomic E-state index is 6.41. The van der Waals surface area contributed by atoms with Crippen LogP contribution in [0.3, 0.4) is 0 Å². The van der Waals surface area contributed by atoms with Gasteiger partial charge in [0.05, 0.1) is 5.71 Å². The summed E-state index contributed by atoms with van der Waals surface area (Å²) in [5.74, 6) is 0.811. The zero-order chi connectivity index (χ0) is 24.6. The lowest BCUT2D eigenvalue weighted by molar-refractivity contribution is 0.0710. The molecule has 6 heteroatoms. The van der Waals surface area contributed by atoms with Crippen LogP contribution in [0.15, 0.2) is 59.3 Å². The second-order valence-corrected chi connectivity index (χ2v) is 10.9. The monoisotopic (exact) mass is 513 g/mol. The summed E-state index contributed by atoms with van der Waals surface area (Å²) in [5.41, 5.74) is 4.65. The lowest BCUT2D eigenvalue weighted by atomic mass is 9.84. The average Bonchev–Trinajstić information content (AvgIpc) is 2.84. The first-order valence-corrected chi connectivity index (χ1v) is 13.6. The molecule has 0 spiro atoms. The molecule has 188 valence electrons. The van der Waals surface area contributed by atoms with Crippen molar-refractivity contribution in [2.45, 2.75) is 39.7 Å². The maximum atomic E-state index is 6.41. The van der Waals surface area contributed by atoms with Gasteiger partial charge in [-0.2, -0.15) is 0 Å². The van der Waals surface area contributed by atoms with Crippen molar-refractivity contribution in [1.29, 1.82) is 0 Å². The van der Waals surface area contributed by atoms with Crippen molar-refractivity contribution in [1.82, 2.24) is 9.80 Å². The van der Waals surface area contributed by atoms with Gasteiger partial charge >= 0.3 is 0 Å². The van der Waals surface area contributed by atoms with Crippen LogP contribution >= 0.6 is 23.2 Å². The lowest BCUT2D eigenvalue weighted by Crippen LogP contribution is -2.47. The summed E-state index contributed by atoms with van der Waals surface area (Å²) in [6.45, 7) is 11.7. The van der Waals surface area contributed by atoms with Gasteiger partial charge in [-0.05, 0) is 54.2 Å². The molecule has 2 fully saturated rings. The van der Waals surface area contributed by atoms with Gasteiger partial charge in [0.1, 0.15) is 6.61 Å². The standard InChI is InChI=1S/C29H37Cl2N3O/c1-22(19-33-13-15-34(16-14-33)20-24-8-4-3-5-9-24)21-35-32-29-23(2)7-6-10-26(29)17-25-11-12-27(30)18-28(25)31/h3-5,8-9,11-12,17-18,22-23H,6-7,10,13-16,19-21H2,1-2H3/t22-,23+/m0/s1. The Hall–Kier alpha value is -1.85. The number of nitrogens with zero attached hydrogens (tertiary/aromatic N) is 3. The van der Waals surface area contributed by atoms with Gasteiger partial charge in [-0.25, -0.2) is 0 Å². The highest BCUT2D eigenvalue weighted by atomic mass is 35.5. The second-order valence-electron chi connectivity index (χ2n) is 10.1. The van der Waals surface area contributed by atoms with E-state index in [1.807, 2.05) is 12.1 Å². The van der Waals surface area contributed by atoms with E-state index in [1.54, 1.807) is 6.07 Å². The van der Waals surface area contributed by atoms with Gasteiger partial charge < -0.3 is 9.74 Å². The SMILES string of the molecule is C[C@H](CON=C1C(=Cc2ccc(Cl)cc2Cl)CCC[C@H]1C)CN1CCN(Cc2ccccc2)CC1. The summed E-state index contributed by atoms with van der Waals surface area (Å²) in [5, 5.41) is 5.95. The van der Waals surface area contributed by atoms with Crippen LogP contribution in [0.2, 0.25) is 10.0 Å². The van der Waals surface area contributed by atoms with Crippen molar-refractivity contribution < 1.29 is 4.84 Å². The molecule has 1 aliphatic heterocycles. The van der Waals surface area contributed by atoms with Crippen LogP contribution in [0, 0.1) is 11.8 Å². The predicted molar refractivity (Wildman–Crippen MR) is 148 cm³/mol. The molecule has 2 aromatic carbocycles. The third-order valence-corrected chi connectivity index (χ3v) is 7.54. The molecule has 0 amide bonds. The first kappa shape index (κ1) is 26.2. The minimum atomic E-state index is 0.383. The minimum Gasteiger partial charge on any atom is -0.395 e. The van der Waals surface area contributed by atoms with Crippen LogP contribution in [-0.4, -0.2) is 54.8 Å². The Morgan fingerprint density at radius 2 is 1.80 bits per heavy atom. The molecule has 35 heavy (non-hydrogen) atoms. The quantitative estimate of drug-likeness (QED) is 0.354. The summed E-state index contributed by atoms with van der Waals surface area (Å²) < 4.78 is 0. The van der Waals surface area contributed by atoms with Gasteiger partial charge in [-0.1, -0.05) is 78.6 Å². The van der Waals surface area contributed by atoms with E-state index >= 15 is 0 Å². The van der Waals surface area contributed by atoms with Crippen LogP contribution in [0.4, 0.5) is 0 Å². The topological polar surface area (TPSA) is 28.1 Å². The zero-order valence-corrected chi connectivity index (χ0v) is 22.4. The first-order valence-electron chi connectivity index (χ1n) is 12.8. The van der Waals surface area contributed by atoms with Crippen molar-refractivity contribution in [3.63, 3.8) is 0 Å². The van der Waals surface area contributed by atoms with Crippen molar-refractivity contribution in [3.05, 3.63) is 75.3 Å². The zero-order valence-electron chi connectivity index (χ0n) is 20.9. The van der Waals surface area contributed by atoms with Gasteiger partial charge in [0.15, 0.2) is 0 Å². The van der Waals surface area contributed by atoms with E-state index in [0.717, 1.165) is 69.8 Å². The third-order valence-electron chi connectivity index (χ3n) is 6.98. The van der Waals surface area contributed by atoms with Gasteiger partial charge in [-0.3, -0.25) is 4.90 Å². The minimum absolute atomic E-state index is 0.383. The Morgan fingerprint density at radius 3 is 2.54 bits per heavy atom. The van der Waals surface area contributed by atoms with Gasteiger partial charge in [-0.15, -0.1) is 0 Å². The highest BCUT2D eigenvalue weighted by molar-refractivity contribution is 6.35. The molecule has 1 saturated carbocycles. The fourth-order valence-electron chi connectivity index (χ4n) is 4.98. The number of benzene rings is 2. The van der Waals surface area contributed by atoms with E-state index in [0.29, 0.717) is 28.5 Å². The number of allylic oxidation sites excluding steroid dienone is 1. The van der Waals surface area contributed by atoms with Gasteiger partial charge in [0, 0.05) is 61.1 Å². The Morgan fingerprint density at radius 1 is 1.06 bits per heavy atom. The first-order chi connectivity index (χ1) is 17.0. The van der Waals surface area contributed by atoms with E-state index < -0.39 is 0 Å². The molecule has 2 atom stereocenters. The Labute approximate surface area is 220 Å². The predicted octanol–water partition coefficient (Wildman–Crippen LogP) is 7.02. The average molecular weight is 515 g/mol. The highest BCUT2D eigenvalue weighted by Crippen LogP contribution is 2.30. The molecule has 1 saturated heterocycles. The number of rotatable bonds is 8. The van der Waals surface area contributed by atoms with E-state index in [4.69, 9.17) is 28.0 Å². The van der Waals surface area contributed by atoms with Crippen LogP contribution < -0.4 is 0 Å². The molecule has 1 aliphatic carbocycles. The molecule has 0 bridgehead atoms. The fraction of sp³-hybridized carbons (Fsp3) is 0.483. The molecular formula is C29H37Cl2N3O. The van der Waals surface area contributed by atoms with Gasteiger partial charge in [0.25, 0.3) is 0 Å². The van der Waals surface area contributed by atoms with Crippen molar-refractivity contribution in [3.8, 4) is 0 Å². The molecule has 0 radical (unpaired) electrons. The van der Waals surface area contributed by atoms with Crippen LogP contribution in [-0.2, 0) is 11.4 Å². The largest absolute Gasteiger partial charge is 0.395 e. The summed E-state index contributed by atoms with van der Waals surface area (Å²) in [6.07, 6.45) is 5.43. The molecule has 4 rings (SSSR count). The number of piperazine rings is 1. The van der Waals surface area contributed by atoms with E-state index in [9.17, 15) is 0 Å². The summed E-state index contributed by atoms with van der Waals surface area (Å²) in [6, 6.07) is 16.4. The molecule has 2 aliphatic rings. The molecule has 0 N–H and O–H groups in total. The maximum Gasteiger partial charge on any atom is 0.120 e. The third kappa shape index (κ3) is 7.82. The van der Waals surface area contributed by atoms with E-state index in [-0.39, 0.29) is 0 Å². The number of oxime groups is 1. The Kier molecular flexibility index (Phi) is 9.67. The molecule has 0 aromatic heterocycles. The van der Waals surface area contributed by atoms with Crippen LogP contribution in [0.5, 0.6) is 0 Å². The molecule has 0 unspecified atom stereocenters. The molecule has 2 aromatic rings. The lowest BCUT2D eigenvalue weighted by Gasteiger charge is -2.35. The summed E-state index contributed by atoms with van der Waals surface area (Å²) in [7, 11) is 0. The highest BCUT2D eigenvalue weighted by Gasteiger charge is 2.23. The fourth-order valence-corrected chi connectivity index (χ4v) is 5.44. The Balaban J connectivity index is 1.27. The number of hydrogen-bond acceptors (Lipinski definition) is 4. The van der Waals surface area contributed by atoms with E-state index in [2.05, 4.69) is 65.2 Å². The molecule has 1 heterocycles. The smallest absolute Gasteiger partial charge is 0.120 e. The Bertz CT molecular complexity index is 1020.